The molecule has 0 radical (unpaired) electrons. The molecule has 3 nitrogen and oxygen atoms in total. The summed E-state index contributed by atoms with van der Waals surface area (Å²) < 4.78 is 12.9. The lowest BCUT2D eigenvalue weighted by Gasteiger charge is -2.26. The Kier molecular flexibility index (Phi) is 6.12. The van der Waals surface area contributed by atoms with Crippen molar-refractivity contribution in [2.24, 2.45) is 0 Å². The Bertz CT molecular complexity index is 2060. The Morgan fingerprint density at radius 1 is 0.349 bits per heavy atom. The van der Waals surface area contributed by atoms with Crippen LogP contribution in [0, 0.1) is 0 Å². The van der Waals surface area contributed by atoms with Crippen molar-refractivity contribution in [3.8, 4) is 45.3 Å². The van der Waals surface area contributed by atoms with Crippen molar-refractivity contribution in [3.05, 3.63) is 164 Å². The highest BCUT2D eigenvalue weighted by Gasteiger charge is 2.21. The third kappa shape index (κ3) is 4.58. The standard InChI is InChI=1S/C40H27NO2/c1-3-11-28(12-4-1)34-17-7-8-18-35(34)29-21-23-32(24-22-29)41(31-15-5-2-6-16-31)33-25-26-36-39(27-33)43-38-20-10-14-30-13-9-19-37(42-36)40(30)38/h1-27H. The van der Waals surface area contributed by atoms with Crippen molar-refractivity contribution in [3.63, 3.8) is 0 Å². The molecule has 0 aliphatic carbocycles. The second-order valence-corrected chi connectivity index (χ2v) is 10.6. The summed E-state index contributed by atoms with van der Waals surface area (Å²) >= 11 is 0. The van der Waals surface area contributed by atoms with E-state index in [1.807, 2.05) is 36.4 Å². The molecule has 7 aromatic carbocycles. The summed E-state index contributed by atoms with van der Waals surface area (Å²) in [7, 11) is 0. The number of nitrogens with zero attached hydrogens (tertiary/aromatic N) is 1. The number of benzene rings is 7. The molecule has 0 unspecified atom stereocenters. The van der Waals surface area contributed by atoms with Gasteiger partial charge in [0.15, 0.2) is 11.5 Å². The fraction of sp³-hybridized carbons (Fsp3) is 0. The molecule has 0 bridgehead atoms. The van der Waals surface area contributed by atoms with Gasteiger partial charge in [0.1, 0.15) is 11.5 Å². The van der Waals surface area contributed by atoms with Crippen molar-refractivity contribution in [2.45, 2.75) is 0 Å². The highest BCUT2D eigenvalue weighted by Crippen LogP contribution is 2.48. The Balaban J connectivity index is 1.20. The van der Waals surface area contributed by atoms with Crippen LogP contribution >= 0.6 is 0 Å². The number of fused-ring (bicyclic) bond motifs is 1. The van der Waals surface area contributed by atoms with Crippen LogP contribution in [0.5, 0.6) is 23.0 Å². The number of hydrogen-bond donors (Lipinski definition) is 0. The average molecular weight is 554 g/mol. The van der Waals surface area contributed by atoms with E-state index in [2.05, 4.69) is 132 Å². The zero-order valence-electron chi connectivity index (χ0n) is 23.4. The van der Waals surface area contributed by atoms with E-state index in [4.69, 9.17) is 9.47 Å². The number of anilines is 3. The first kappa shape index (κ1) is 25.0. The molecule has 0 atom stereocenters. The molecule has 3 heteroatoms. The van der Waals surface area contributed by atoms with Crippen molar-refractivity contribution >= 4 is 27.8 Å². The molecule has 204 valence electrons. The van der Waals surface area contributed by atoms with Gasteiger partial charge in [0.2, 0.25) is 0 Å². The molecule has 43 heavy (non-hydrogen) atoms. The van der Waals surface area contributed by atoms with E-state index in [-0.39, 0.29) is 0 Å². The van der Waals surface area contributed by atoms with Crippen molar-refractivity contribution < 1.29 is 9.47 Å². The van der Waals surface area contributed by atoms with Gasteiger partial charge in [-0.05, 0) is 76.2 Å². The lowest BCUT2D eigenvalue weighted by atomic mass is 9.94. The fourth-order valence-electron chi connectivity index (χ4n) is 5.90. The first-order valence-electron chi connectivity index (χ1n) is 14.4. The van der Waals surface area contributed by atoms with E-state index in [0.717, 1.165) is 39.3 Å². The van der Waals surface area contributed by atoms with Gasteiger partial charge in [0, 0.05) is 17.4 Å². The summed E-state index contributed by atoms with van der Waals surface area (Å²) in [5.74, 6) is 2.95. The zero-order chi connectivity index (χ0) is 28.6. The lowest BCUT2D eigenvalue weighted by molar-refractivity contribution is 0.439. The van der Waals surface area contributed by atoms with Gasteiger partial charge >= 0.3 is 0 Å². The van der Waals surface area contributed by atoms with Crippen LogP contribution in [-0.2, 0) is 0 Å². The van der Waals surface area contributed by atoms with Gasteiger partial charge in [-0.2, -0.15) is 0 Å². The molecule has 0 N–H and O–H groups in total. The van der Waals surface area contributed by atoms with E-state index in [0.29, 0.717) is 11.5 Å². The van der Waals surface area contributed by atoms with Crippen LogP contribution in [0.2, 0.25) is 0 Å². The predicted molar refractivity (Wildman–Crippen MR) is 176 cm³/mol. The van der Waals surface area contributed by atoms with E-state index in [1.54, 1.807) is 0 Å². The summed E-state index contributed by atoms with van der Waals surface area (Å²) in [6.07, 6.45) is 0. The molecule has 0 amide bonds. The summed E-state index contributed by atoms with van der Waals surface area (Å²) in [5.41, 5.74) is 7.88. The van der Waals surface area contributed by atoms with Gasteiger partial charge in [-0.15, -0.1) is 0 Å². The highest BCUT2D eigenvalue weighted by molar-refractivity contribution is 5.95. The fourth-order valence-corrected chi connectivity index (χ4v) is 5.90. The zero-order valence-corrected chi connectivity index (χ0v) is 23.4. The minimum Gasteiger partial charge on any atom is -0.453 e. The lowest BCUT2D eigenvalue weighted by Crippen LogP contribution is -2.10. The minimum absolute atomic E-state index is 0.676. The SMILES string of the molecule is c1ccc(-c2ccccc2-c2ccc(N(c3ccccc3)c3ccc4c(c3)Oc3cccc5cccc(c35)O4)cc2)cc1. The molecule has 1 aliphatic heterocycles. The molecule has 1 heterocycles. The summed E-state index contributed by atoms with van der Waals surface area (Å²) in [5, 5.41) is 2.07. The molecule has 0 spiro atoms. The Hall–Kier alpha value is -5.80. The largest absolute Gasteiger partial charge is 0.453 e. The van der Waals surface area contributed by atoms with Gasteiger partial charge in [-0.3, -0.25) is 0 Å². The second kappa shape index (κ2) is 10.6. The predicted octanol–water partition coefficient (Wildman–Crippen LogP) is 11.5. The maximum absolute atomic E-state index is 6.52. The van der Waals surface area contributed by atoms with Crippen LogP contribution in [0.15, 0.2) is 164 Å². The third-order valence-corrected chi connectivity index (χ3v) is 7.92. The van der Waals surface area contributed by atoms with Crippen LogP contribution < -0.4 is 14.4 Å². The maximum Gasteiger partial charge on any atom is 0.172 e. The smallest absolute Gasteiger partial charge is 0.172 e. The molecule has 8 rings (SSSR count). The molecule has 7 aromatic rings. The summed E-state index contributed by atoms with van der Waals surface area (Å²) in [4.78, 5) is 2.25. The van der Waals surface area contributed by atoms with Crippen LogP contribution in [-0.4, -0.2) is 0 Å². The van der Waals surface area contributed by atoms with Gasteiger partial charge in [-0.25, -0.2) is 0 Å². The van der Waals surface area contributed by atoms with Crippen LogP contribution in [0.1, 0.15) is 0 Å². The average Bonchev–Trinajstić information content (AvgIpc) is 3.23. The highest BCUT2D eigenvalue weighted by atomic mass is 16.5. The quantitative estimate of drug-likeness (QED) is 0.212. The van der Waals surface area contributed by atoms with Gasteiger partial charge in [-0.1, -0.05) is 109 Å². The van der Waals surface area contributed by atoms with Crippen LogP contribution in [0.3, 0.4) is 0 Å². The van der Waals surface area contributed by atoms with Crippen LogP contribution in [0.4, 0.5) is 17.1 Å². The second-order valence-electron chi connectivity index (χ2n) is 10.6. The van der Waals surface area contributed by atoms with Crippen LogP contribution in [0.25, 0.3) is 33.0 Å². The first-order valence-corrected chi connectivity index (χ1v) is 14.4. The molecule has 0 aromatic heterocycles. The summed E-state index contributed by atoms with van der Waals surface area (Å²) in [6, 6.07) is 56.6. The van der Waals surface area contributed by atoms with E-state index < -0.39 is 0 Å². The Morgan fingerprint density at radius 3 is 1.56 bits per heavy atom. The molecule has 1 aliphatic rings. The first-order chi connectivity index (χ1) is 21.3. The minimum atomic E-state index is 0.676. The molecule has 0 saturated carbocycles. The molecule has 0 saturated heterocycles. The Morgan fingerprint density at radius 2 is 0.884 bits per heavy atom. The maximum atomic E-state index is 6.52. The van der Waals surface area contributed by atoms with E-state index >= 15 is 0 Å². The number of para-hydroxylation sites is 1. The van der Waals surface area contributed by atoms with Gasteiger partial charge < -0.3 is 14.4 Å². The van der Waals surface area contributed by atoms with Crippen molar-refractivity contribution in [2.75, 3.05) is 4.90 Å². The number of rotatable bonds is 5. The molecular weight excluding hydrogens is 526 g/mol. The molecule has 0 fully saturated rings. The Labute approximate surface area is 250 Å². The van der Waals surface area contributed by atoms with E-state index in [1.165, 1.54) is 22.3 Å². The normalized spacial score (nSPS) is 11.6. The third-order valence-electron chi connectivity index (χ3n) is 7.92. The monoisotopic (exact) mass is 553 g/mol. The number of hydrogen-bond acceptors (Lipinski definition) is 3. The van der Waals surface area contributed by atoms with Crippen molar-refractivity contribution in [1.29, 1.82) is 0 Å². The molecular formula is C40H27NO2. The summed E-state index contributed by atoms with van der Waals surface area (Å²) in [6.45, 7) is 0. The van der Waals surface area contributed by atoms with E-state index in [9.17, 15) is 0 Å². The number of ether oxygens (including phenoxy) is 2. The van der Waals surface area contributed by atoms with Crippen molar-refractivity contribution in [1.82, 2.24) is 0 Å². The van der Waals surface area contributed by atoms with Gasteiger partial charge in [0.25, 0.3) is 0 Å². The van der Waals surface area contributed by atoms with Gasteiger partial charge in [0.05, 0.1) is 11.1 Å². The topological polar surface area (TPSA) is 21.7 Å².